The zero-order valence-electron chi connectivity index (χ0n) is 14.1. The van der Waals surface area contributed by atoms with Gasteiger partial charge in [-0.15, -0.1) is 10.2 Å². The van der Waals surface area contributed by atoms with Gasteiger partial charge in [0.2, 0.25) is 11.7 Å². The van der Waals surface area contributed by atoms with Gasteiger partial charge in [-0.25, -0.2) is 0 Å². The maximum atomic E-state index is 5.65. The van der Waals surface area contributed by atoms with Gasteiger partial charge in [0.25, 0.3) is 11.1 Å². The van der Waals surface area contributed by atoms with Crippen LogP contribution < -0.4 is 0 Å². The molecule has 0 N–H and O–H groups in total. The Kier molecular flexibility index (Phi) is 4.83. The van der Waals surface area contributed by atoms with Gasteiger partial charge in [-0.05, 0) is 19.4 Å². The van der Waals surface area contributed by atoms with Crippen LogP contribution in [0.5, 0.6) is 0 Å². The van der Waals surface area contributed by atoms with Crippen LogP contribution in [-0.4, -0.2) is 26.1 Å². The summed E-state index contributed by atoms with van der Waals surface area (Å²) in [5.74, 6) is 3.30. The van der Waals surface area contributed by atoms with Crippen molar-refractivity contribution in [1.29, 1.82) is 0 Å². The minimum atomic E-state index is 0.475. The second kappa shape index (κ2) is 7.57. The minimum Gasteiger partial charge on any atom is -0.469 e. The van der Waals surface area contributed by atoms with Gasteiger partial charge in [-0.2, -0.15) is 4.98 Å². The summed E-state index contributed by atoms with van der Waals surface area (Å²) in [6.07, 6.45) is 3.17. The molecule has 0 bridgehead atoms. The molecule has 0 saturated heterocycles. The molecular weight excluding hydrogens is 352 g/mol. The number of benzene rings is 1. The van der Waals surface area contributed by atoms with Crippen LogP contribution in [0, 0.1) is 6.92 Å². The Balaban J connectivity index is 1.28. The molecule has 0 unspecified atom stereocenters. The topological polar surface area (TPSA) is 91.0 Å². The molecule has 0 spiro atoms. The molecular formula is C18H16N4O3S. The van der Waals surface area contributed by atoms with Crippen molar-refractivity contribution < 1.29 is 13.4 Å². The van der Waals surface area contributed by atoms with Crippen molar-refractivity contribution in [2.45, 2.75) is 25.0 Å². The van der Waals surface area contributed by atoms with E-state index in [2.05, 4.69) is 20.3 Å². The predicted octanol–water partition coefficient (Wildman–Crippen LogP) is 4.41. The Labute approximate surface area is 153 Å². The second-order valence-corrected chi connectivity index (χ2v) is 6.64. The van der Waals surface area contributed by atoms with Crippen molar-refractivity contribution in [2.24, 2.45) is 0 Å². The molecule has 0 aliphatic carbocycles. The molecule has 1 aromatic carbocycles. The van der Waals surface area contributed by atoms with Crippen LogP contribution in [-0.2, 0) is 6.42 Å². The van der Waals surface area contributed by atoms with Gasteiger partial charge in [0.15, 0.2) is 0 Å². The Bertz CT molecular complexity index is 977. The Hall–Kier alpha value is -2.87. The fraction of sp³-hybridized carbons (Fsp3) is 0.222. The number of thioether (sulfide) groups is 1. The molecule has 8 heteroatoms. The van der Waals surface area contributed by atoms with Crippen LogP contribution in [0.15, 0.2) is 61.2 Å². The van der Waals surface area contributed by atoms with Crippen LogP contribution >= 0.6 is 11.8 Å². The smallest absolute Gasteiger partial charge is 0.276 e. The average Bonchev–Trinajstić information content (AvgIpc) is 3.40. The molecule has 4 aromatic rings. The van der Waals surface area contributed by atoms with E-state index in [0.717, 1.165) is 29.1 Å². The molecule has 0 saturated carbocycles. The van der Waals surface area contributed by atoms with E-state index in [4.69, 9.17) is 13.4 Å². The van der Waals surface area contributed by atoms with E-state index in [1.165, 1.54) is 11.8 Å². The van der Waals surface area contributed by atoms with Crippen molar-refractivity contribution in [3.8, 4) is 22.8 Å². The van der Waals surface area contributed by atoms with Crippen molar-refractivity contribution >= 4 is 11.8 Å². The lowest BCUT2D eigenvalue weighted by Crippen LogP contribution is -1.88. The normalized spacial score (nSPS) is 11.1. The number of aryl methyl sites for hydroxylation is 2. The Morgan fingerprint density at radius 2 is 1.96 bits per heavy atom. The molecule has 0 atom stereocenters. The van der Waals surface area contributed by atoms with Gasteiger partial charge in [0.05, 0.1) is 11.8 Å². The molecule has 132 valence electrons. The zero-order chi connectivity index (χ0) is 17.8. The molecule has 0 fully saturated rings. The fourth-order valence-electron chi connectivity index (χ4n) is 2.43. The third kappa shape index (κ3) is 3.70. The van der Waals surface area contributed by atoms with Gasteiger partial charge in [0, 0.05) is 17.7 Å². The molecule has 0 radical (unpaired) electrons. The summed E-state index contributed by atoms with van der Waals surface area (Å²) < 4.78 is 16.2. The number of hydrogen-bond donors (Lipinski definition) is 0. The molecule has 26 heavy (non-hydrogen) atoms. The predicted molar refractivity (Wildman–Crippen MR) is 95.5 cm³/mol. The summed E-state index contributed by atoms with van der Waals surface area (Å²) in [5, 5.41) is 12.7. The highest BCUT2D eigenvalue weighted by molar-refractivity contribution is 7.99. The Morgan fingerprint density at radius 3 is 2.77 bits per heavy atom. The third-order valence-electron chi connectivity index (χ3n) is 3.76. The number of hydrogen-bond acceptors (Lipinski definition) is 8. The number of nitrogens with zero attached hydrogens (tertiary/aromatic N) is 4. The van der Waals surface area contributed by atoms with E-state index in [-0.39, 0.29) is 0 Å². The largest absolute Gasteiger partial charge is 0.469 e. The fourth-order valence-corrected chi connectivity index (χ4v) is 3.13. The van der Waals surface area contributed by atoms with Crippen molar-refractivity contribution in [3.63, 3.8) is 0 Å². The van der Waals surface area contributed by atoms with Gasteiger partial charge in [0.1, 0.15) is 5.76 Å². The molecule has 4 rings (SSSR count). The van der Waals surface area contributed by atoms with Crippen molar-refractivity contribution in [2.75, 3.05) is 5.75 Å². The summed E-state index contributed by atoms with van der Waals surface area (Å²) in [6.45, 7) is 1.86. The second-order valence-electron chi connectivity index (χ2n) is 5.59. The molecule has 0 aliphatic rings. The summed E-state index contributed by atoms with van der Waals surface area (Å²) >= 11 is 1.51. The van der Waals surface area contributed by atoms with Gasteiger partial charge in [-0.3, -0.25) is 0 Å². The lowest BCUT2D eigenvalue weighted by molar-refractivity contribution is 0.378. The maximum absolute atomic E-state index is 5.65. The van der Waals surface area contributed by atoms with Crippen LogP contribution in [0.25, 0.3) is 22.8 Å². The van der Waals surface area contributed by atoms with E-state index >= 15 is 0 Å². The number of furan rings is 1. The average molecular weight is 368 g/mol. The first-order chi connectivity index (χ1) is 12.8. The van der Waals surface area contributed by atoms with E-state index in [1.807, 2.05) is 43.3 Å². The minimum absolute atomic E-state index is 0.475. The van der Waals surface area contributed by atoms with Gasteiger partial charge < -0.3 is 13.4 Å². The first-order valence-corrected chi connectivity index (χ1v) is 9.17. The zero-order valence-corrected chi connectivity index (χ0v) is 14.9. The maximum Gasteiger partial charge on any atom is 0.276 e. The summed E-state index contributed by atoms with van der Waals surface area (Å²) in [5.41, 5.74) is 1.77. The lowest BCUT2D eigenvalue weighted by Gasteiger charge is -1.94. The van der Waals surface area contributed by atoms with Crippen molar-refractivity contribution in [1.82, 2.24) is 20.3 Å². The highest BCUT2D eigenvalue weighted by Crippen LogP contribution is 2.26. The van der Waals surface area contributed by atoms with Gasteiger partial charge >= 0.3 is 0 Å². The van der Waals surface area contributed by atoms with E-state index in [1.54, 1.807) is 6.26 Å². The van der Waals surface area contributed by atoms with Crippen LogP contribution in [0.2, 0.25) is 0 Å². The van der Waals surface area contributed by atoms with Crippen LogP contribution in [0.1, 0.15) is 18.1 Å². The molecule has 7 nitrogen and oxygen atoms in total. The quantitative estimate of drug-likeness (QED) is 0.350. The first kappa shape index (κ1) is 16.6. The highest BCUT2D eigenvalue weighted by atomic mass is 32.2. The van der Waals surface area contributed by atoms with E-state index < -0.39 is 0 Å². The standard InChI is InChI=1S/C18H16N4O3S/c1-12-14(9-10-23-12)17-20-21-18(24-17)26-11-5-8-15-19-16(22-25-15)13-6-3-2-4-7-13/h2-4,6-7,9-10H,5,8,11H2,1H3. The number of rotatable bonds is 7. The number of aromatic nitrogens is 4. The van der Waals surface area contributed by atoms with Crippen LogP contribution in [0.3, 0.4) is 0 Å². The SMILES string of the molecule is Cc1occc1-c1nnc(SCCCc2nc(-c3ccccc3)no2)o1. The highest BCUT2D eigenvalue weighted by Gasteiger charge is 2.13. The monoisotopic (exact) mass is 368 g/mol. The summed E-state index contributed by atoms with van der Waals surface area (Å²) in [4.78, 5) is 4.42. The molecule has 0 amide bonds. The summed E-state index contributed by atoms with van der Waals surface area (Å²) in [6, 6.07) is 11.6. The first-order valence-electron chi connectivity index (χ1n) is 8.18. The molecule has 3 heterocycles. The van der Waals surface area contributed by atoms with Gasteiger partial charge in [-0.1, -0.05) is 47.3 Å². The van der Waals surface area contributed by atoms with Crippen molar-refractivity contribution in [3.05, 3.63) is 54.3 Å². The molecule has 0 aliphatic heterocycles. The lowest BCUT2D eigenvalue weighted by atomic mass is 10.2. The third-order valence-corrected chi connectivity index (χ3v) is 4.66. The van der Waals surface area contributed by atoms with Crippen LogP contribution in [0.4, 0.5) is 0 Å². The Morgan fingerprint density at radius 1 is 1.08 bits per heavy atom. The molecule has 3 aromatic heterocycles. The summed E-state index contributed by atoms with van der Waals surface area (Å²) in [7, 11) is 0. The van der Waals surface area contributed by atoms with E-state index in [9.17, 15) is 0 Å². The van der Waals surface area contributed by atoms with E-state index in [0.29, 0.717) is 29.2 Å².